The Morgan fingerprint density at radius 3 is 2.76 bits per heavy atom. The second kappa shape index (κ2) is 6.85. The van der Waals surface area contributed by atoms with Crippen molar-refractivity contribution in [3.05, 3.63) is 48.0 Å². The number of rotatable bonds is 5. The van der Waals surface area contributed by atoms with E-state index in [0.29, 0.717) is 12.0 Å². The molecular weight excluding hydrogens is 260 g/mol. The summed E-state index contributed by atoms with van der Waals surface area (Å²) >= 11 is 0. The van der Waals surface area contributed by atoms with Crippen LogP contribution in [0, 0.1) is 0 Å². The quantitative estimate of drug-likeness (QED) is 0.918. The Hall–Kier alpha value is -1.68. The molecule has 1 aromatic heterocycles. The van der Waals surface area contributed by atoms with E-state index in [9.17, 15) is 0 Å². The van der Waals surface area contributed by atoms with Crippen LogP contribution in [0.15, 0.2) is 36.7 Å². The van der Waals surface area contributed by atoms with Crippen LogP contribution in [0.2, 0.25) is 0 Å². The smallest absolute Gasteiger partial charge is 0.133 e. The Labute approximate surface area is 126 Å². The van der Waals surface area contributed by atoms with Crippen LogP contribution in [-0.4, -0.2) is 27.4 Å². The zero-order valence-electron chi connectivity index (χ0n) is 12.7. The Morgan fingerprint density at radius 2 is 2.00 bits per heavy atom. The minimum Gasteiger partial charge on any atom is -0.321 e. The molecule has 4 nitrogen and oxygen atoms in total. The zero-order chi connectivity index (χ0) is 14.5. The minimum atomic E-state index is 0.592. The molecule has 1 saturated carbocycles. The highest BCUT2D eigenvalue weighted by atomic mass is 15.2. The second-order valence-corrected chi connectivity index (χ2v) is 5.97. The monoisotopic (exact) mass is 284 g/mol. The third-order valence-corrected chi connectivity index (χ3v) is 4.55. The molecule has 3 rings (SSSR count). The van der Waals surface area contributed by atoms with Crippen molar-refractivity contribution >= 4 is 0 Å². The SMILES string of the molecule is Cn1cnnc1CCNC1CCCCC1c1ccccc1. The van der Waals surface area contributed by atoms with Gasteiger partial charge in [0, 0.05) is 26.1 Å². The highest BCUT2D eigenvalue weighted by molar-refractivity contribution is 5.22. The lowest BCUT2D eigenvalue weighted by molar-refractivity contribution is 0.328. The molecule has 1 heterocycles. The summed E-state index contributed by atoms with van der Waals surface area (Å²) in [7, 11) is 2.00. The predicted octanol–water partition coefficient (Wildman–Crippen LogP) is 2.67. The largest absolute Gasteiger partial charge is 0.321 e. The summed E-state index contributed by atoms with van der Waals surface area (Å²) in [5.41, 5.74) is 1.48. The summed E-state index contributed by atoms with van der Waals surface area (Å²) in [4.78, 5) is 0. The van der Waals surface area contributed by atoms with Crippen LogP contribution in [0.4, 0.5) is 0 Å². The van der Waals surface area contributed by atoms with Crippen LogP contribution in [0.3, 0.4) is 0 Å². The van der Waals surface area contributed by atoms with Gasteiger partial charge in [0.15, 0.2) is 0 Å². The molecule has 21 heavy (non-hydrogen) atoms. The van der Waals surface area contributed by atoms with Gasteiger partial charge in [-0.1, -0.05) is 43.2 Å². The molecule has 0 radical (unpaired) electrons. The second-order valence-electron chi connectivity index (χ2n) is 5.97. The molecular formula is C17H24N4. The standard InChI is InChI=1S/C17H24N4/c1-21-13-19-20-17(21)11-12-18-16-10-6-5-9-15(16)14-7-3-2-4-8-14/h2-4,7-8,13,15-16,18H,5-6,9-12H2,1H3. The lowest BCUT2D eigenvalue weighted by Gasteiger charge is -2.32. The third-order valence-electron chi connectivity index (χ3n) is 4.55. The number of aryl methyl sites for hydroxylation is 1. The van der Waals surface area contributed by atoms with E-state index in [1.165, 1.54) is 31.2 Å². The van der Waals surface area contributed by atoms with Gasteiger partial charge < -0.3 is 9.88 Å². The van der Waals surface area contributed by atoms with Gasteiger partial charge in [0.1, 0.15) is 12.2 Å². The molecule has 0 bridgehead atoms. The lowest BCUT2D eigenvalue weighted by atomic mass is 9.80. The minimum absolute atomic E-state index is 0.592. The third kappa shape index (κ3) is 3.50. The molecule has 4 heteroatoms. The predicted molar refractivity (Wildman–Crippen MR) is 84.1 cm³/mol. The highest BCUT2D eigenvalue weighted by Crippen LogP contribution is 2.32. The average Bonchev–Trinajstić information content (AvgIpc) is 2.94. The Balaban J connectivity index is 1.59. The van der Waals surface area contributed by atoms with Gasteiger partial charge in [-0.25, -0.2) is 0 Å². The first kappa shape index (κ1) is 14.3. The molecule has 0 saturated heterocycles. The Morgan fingerprint density at radius 1 is 1.19 bits per heavy atom. The van der Waals surface area contributed by atoms with E-state index in [-0.39, 0.29) is 0 Å². The van der Waals surface area contributed by atoms with E-state index in [4.69, 9.17) is 0 Å². The van der Waals surface area contributed by atoms with Crippen molar-refractivity contribution in [1.29, 1.82) is 0 Å². The van der Waals surface area contributed by atoms with Gasteiger partial charge in [-0.2, -0.15) is 0 Å². The zero-order valence-corrected chi connectivity index (χ0v) is 12.7. The fourth-order valence-electron chi connectivity index (χ4n) is 3.38. The van der Waals surface area contributed by atoms with E-state index < -0.39 is 0 Å². The molecule has 1 N–H and O–H groups in total. The molecule has 1 aliphatic rings. The van der Waals surface area contributed by atoms with Crippen LogP contribution < -0.4 is 5.32 Å². The number of aromatic nitrogens is 3. The van der Waals surface area contributed by atoms with E-state index in [2.05, 4.69) is 45.8 Å². The summed E-state index contributed by atoms with van der Waals surface area (Å²) < 4.78 is 2.00. The van der Waals surface area contributed by atoms with Gasteiger partial charge in [-0.15, -0.1) is 10.2 Å². The Kier molecular flexibility index (Phi) is 4.65. The summed E-state index contributed by atoms with van der Waals surface area (Å²) in [6.45, 7) is 0.973. The van der Waals surface area contributed by atoms with E-state index in [1.54, 1.807) is 6.33 Å². The summed E-state index contributed by atoms with van der Waals surface area (Å²) in [6.07, 6.45) is 7.97. The van der Waals surface area contributed by atoms with Crippen molar-refractivity contribution in [1.82, 2.24) is 20.1 Å². The Bertz CT molecular complexity index is 549. The van der Waals surface area contributed by atoms with E-state index >= 15 is 0 Å². The average molecular weight is 284 g/mol. The molecule has 1 aromatic carbocycles. The van der Waals surface area contributed by atoms with Gasteiger partial charge in [0.05, 0.1) is 0 Å². The van der Waals surface area contributed by atoms with Crippen molar-refractivity contribution in [2.75, 3.05) is 6.54 Å². The fraction of sp³-hybridized carbons (Fsp3) is 0.529. The molecule has 1 fully saturated rings. The first-order valence-corrected chi connectivity index (χ1v) is 7.96. The summed E-state index contributed by atoms with van der Waals surface area (Å²) in [5, 5.41) is 11.8. The maximum atomic E-state index is 4.15. The van der Waals surface area contributed by atoms with Crippen LogP contribution in [0.5, 0.6) is 0 Å². The van der Waals surface area contributed by atoms with E-state index in [0.717, 1.165) is 18.8 Å². The molecule has 2 aromatic rings. The summed E-state index contributed by atoms with van der Waals surface area (Å²) in [6, 6.07) is 11.5. The molecule has 2 atom stereocenters. The fourth-order valence-corrected chi connectivity index (χ4v) is 3.38. The molecule has 0 aliphatic heterocycles. The molecule has 0 spiro atoms. The molecule has 1 aliphatic carbocycles. The van der Waals surface area contributed by atoms with Crippen molar-refractivity contribution in [3.8, 4) is 0 Å². The molecule has 0 amide bonds. The summed E-state index contributed by atoms with van der Waals surface area (Å²) in [5.74, 6) is 1.70. The lowest BCUT2D eigenvalue weighted by Crippen LogP contribution is -2.38. The van der Waals surface area contributed by atoms with Crippen molar-refractivity contribution in [3.63, 3.8) is 0 Å². The first-order chi connectivity index (χ1) is 10.3. The van der Waals surface area contributed by atoms with Crippen LogP contribution >= 0.6 is 0 Å². The number of hydrogen-bond acceptors (Lipinski definition) is 3. The number of nitrogens with one attached hydrogen (secondary N) is 1. The van der Waals surface area contributed by atoms with Crippen LogP contribution in [-0.2, 0) is 13.5 Å². The molecule has 112 valence electrons. The van der Waals surface area contributed by atoms with Gasteiger partial charge in [0.25, 0.3) is 0 Å². The van der Waals surface area contributed by atoms with Gasteiger partial charge in [0.2, 0.25) is 0 Å². The topological polar surface area (TPSA) is 42.7 Å². The van der Waals surface area contributed by atoms with Gasteiger partial charge in [-0.05, 0) is 24.3 Å². The normalized spacial score (nSPS) is 22.3. The number of nitrogens with zero attached hydrogens (tertiary/aromatic N) is 3. The van der Waals surface area contributed by atoms with E-state index in [1.807, 2.05) is 11.6 Å². The van der Waals surface area contributed by atoms with Crippen molar-refractivity contribution < 1.29 is 0 Å². The first-order valence-electron chi connectivity index (χ1n) is 7.96. The van der Waals surface area contributed by atoms with Gasteiger partial charge in [-0.3, -0.25) is 0 Å². The maximum Gasteiger partial charge on any atom is 0.133 e. The van der Waals surface area contributed by atoms with Crippen LogP contribution in [0.25, 0.3) is 0 Å². The van der Waals surface area contributed by atoms with Gasteiger partial charge >= 0.3 is 0 Å². The highest BCUT2D eigenvalue weighted by Gasteiger charge is 2.25. The number of hydrogen-bond donors (Lipinski definition) is 1. The van der Waals surface area contributed by atoms with Crippen molar-refractivity contribution in [2.45, 2.75) is 44.1 Å². The maximum absolute atomic E-state index is 4.15. The van der Waals surface area contributed by atoms with Crippen molar-refractivity contribution in [2.24, 2.45) is 7.05 Å². The number of benzene rings is 1. The molecule has 2 unspecified atom stereocenters. The van der Waals surface area contributed by atoms with Crippen LogP contribution in [0.1, 0.15) is 43.0 Å².